The van der Waals surface area contributed by atoms with Crippen LogP contribution in [0.25, 0.3) is 5.65 Å². The molecule has 0 aliphatic carbocycles. The van der Waals surface area contributed by atoms with Crippen LogP contribution in [0.1, 0.15) is 16.1 Å². The minimum Gasteiger partial charge on any atom is -0.349 e. The summed E-state index contributed by atoms with van der Waals surface area (Å²) in [6, 6.07) is 1.97. The topological polar surface area (TPSA) is 61.7 Å². The second kappa shape index (κ2) is 9.59. The molecular weight excluding hydrogens is 406 g/mol. The molecular formula is C16H22Cl2F3N5O. The highest BCUT2D eigenvalue weighted by Crippen LogP contribution is 2.24. The molecule has 27 heavy (non-hydrogen) atoms. The number of rotatable bonds is 4. The van der Waals surface area contributed by atoms with E-state index in [9.17, 15) is 18.0 Å². The molecule has 0 aromatic carbocycles. The van der Waals surface area contributed by atoms with Crippen LogP contribution < -0.4 is 10.6 Å². The van der Waals surface area contributed by atoms with Crippen LogP contribution in [0.4, 0.5) is 13.2 Å². The Morgan fingerprint density at radius 2 is 2.00 bits per heavy atom. The van der Waals surface area contributed by atoms with Crippen molar-refractivity contribution in [1.82, 2.24) is 24.9 Å². The number of carbonyl (C=O) groups is 1. The van der Waals surface area contributed by atoms with E-state index in [-0.39, 0.29) is 30.5 Å². The van der Waals surface area contributed by atoms with Crippen LogP contribution in [-0.4, -0.2) is 65.1 Å². The molecule has 3 rings (SSSR count). The number of nitrogens with zero attached hydrogens (tertiary/aromatic N) is 3. The van der Waals surface area contributed by atoms with Gasteiger partial charge in [-0.15, -0.1) is 24.8 Å². The van der Waals surface area contributed by atoms with Gasteiger partial charge in [-0.3, -0.25) is 9.69 Å². The Labute approximate surface area is 167 Å². The second-order valence-corrected chi connectivity index (χ2v) is 6.15. The Hall–Kier alpha value is -1.55. The quantitative estimate of drug-likeness (QED) is 0.783. The molecule has 2 aromatic heterocycles. The highest BCUT2D eigenvalue weighted by molar-refractivity contribution is 5.92. The zero-order valence-corrected chi connectivity index (χ0v) is 16.3. The van der Waals surface area contributed by atoms with Crippen molar-refractivity contribution in [1.29, 1.82) is 0 Å². The number of fused-ring (bicyclic) bond motifs is 1. The Kier molecular flexibility index (Phi) is 8.34. The number of carbonyl (C=O) groups excluding carboxylic acids is 1. The number of halogens is 5. The van der Waals surface area contributed by atoms with Crippen LogP contribution in [0, 0.1) is 6.92 Å². The molecule has 6 nitrogen and oxygen atoms in total. The van der Waals surface area contributed by atoms with Gasteiger partial charge in [0.1, 0.15) is 17.4 Å². The van der Waals surface area contributed by atoms with E-state index in [1.54, 1.807) is 16.7 Å². The smallest absolute Gasteiger partial charge is 0.349 e. The molecule has 1 amide bonds. The summed E-state index contributed by atoms with van der Waals surface area (Å²) >= 11 is 0. The van der Waals surface area contributed by atoms with Crippen LogP contribution in [0.5, 0.6) is 0 Å². The van der Waals surface area contributed by atoms with Crippen molar-refractivity contribution in [2.24, 2.45) is 0 Å². The maximum Gasteiger partial charge on any atom is 0.405 e. The van der Waals surface area contributed by atoms with Crippen molar-refractivity contribution < 1.29 is 18.0 Å². The predicted molar refractivity (Wildman–Crippen MR) is 101 cm³/mol. The van der Waals surface area contributed by atoms with Gasteiger partial charge < -0.3 is 15.0 Å². The normalized spacial score (nSPS) is 16.3. The maximum absolute atomic E-state index is 13.3. The maximum atomic E-state index is 13.3. The molecule has 0 radical (unpaired) electrons. The van der Waals surface area contributed by atoms with Gasteiger partial charge in [-0.1, -0.05) is 0 Å². The summed E-state index contributed by atoms with van der Waals surface area (Å²) in [6.07, 6.45) is -1.13. The number of nitrogens with one attached hydrogen (secondary N) is 2. The van der Waals surface area contributed by atoms with Crippen LogP contribution in [0.3, 0.4) is 0 Å². The van der Waals surface area contributed by atoms with Gasteiger partial charge in [0.25, 0.3) is 5.91 Å². The SMILES string of the molecule is Cc1ccn2cc(C(=O)NCC(N3CCNCC3)C(F)(F)F)nc2c1.Cl.Cl. The number of pyridine rings is 1. The molecule has 2 aromatic rings. The zero-order valence-electron chi connectivity index (χ0n) is 14.6. The molecule has 1 unspecified atom stereocenters. The van der Waals surface area contributed by atoms with Crippen molar-refractivity contribution in [2.45, 2.75) is 19.1 Å². The summed E-state index contributed by atoms with van der Waals surface area (Å²) in [5, 5.41) is 5.40. The van der Waals surface area contributed by atoms with Crippen molar-refractivity contribution in [3.8, 4) is 0 Å². The van der Waals surface area contributed by atoms with Crippen LogP contribution >= 0.6 is 24.8 Å². The fraction of sp³-hybridized carbons (Fsp3) is 0.500. The Morgan fingerprint density at radius 3 is 2.63 bits per heavy atom. The van der Waals surface area contributed by atoms with Crippen molar-refractivity contribution in [2.75, 3.05) is 32.7 Å². The third-order valence-corrected chi connectivity index (χ3v) is 4.27. The standard InChI is InChI=1S/C16H20F3N5O.2ClH/c1-11-2-5-24-10-12(22-14(24)8-11)15(25)21-9-13(16(17,18)19)23-6-3-20-4-7-23;;/h2,5,8,10,13,20H,3-4,6-7,9H2,1H3,(H,21,25);2*1H. The van der Waals surface area contributed by atoms with Gasteiger partial charge in [0.15, 0.2) is 0 Å². The molecule has 152 valence electrons. The van der Waals surface area contributed by atoms with Crippen LogP contribution in [0.15, 0.2) is 24.5 Å². The van der Waals surface area contributed by atoms with E-state index in [1.807, 2.05) is 13.0 Å². The minimum atomic E-state index is -4.40. The van der Waals surface area contributed by atoms with E-state index >= 15 is 0 Å². The number of hydrogen-bond acceptors (Lipinski definition) is 4. The molecule has 0 saturated carbocycles. The predicted octanol–water partition coefficient (Wildman–Crippen LogP) is 2.05. The monoisotopic (exact) mass is 427 g/mol. The van der Waals surface area contributed by atoms with E-state index in [0.717, 1.165) is 5.56 Å². The summed E-state index contributed by atoms with van der Waals surface area (Å²) in [5.41, 5.74) is 1.67. The highest BCUT2D eigenvalue weighted by Gasteiger charge is 2.43. The molecule has 1 aliphatic heterocycles. The third-order valence-electron chi connectivity index (χ3n) is 4.27. The molecule has 1 saturated heterocycles. The van der Waals surface area contributed by atoms with Crippen LogP contribution in [0.2, 0.25) is 0 Å². The minimum absolute atomic E-state index is 0. The number of piperazine rings is 1. The Bertz CT molecular complexity index is 762. The molecule has 2 N–H and O–H groups in total. The van der Waals surface area contributed by atoms with Gasteiger partial charge in [0, 0.05) is 45.1 Å². The van der Waals surface area contributed by atoms with E-state index in [2.05, 4.69) is 15.6 Å². The van der Waals surface area contributed by atoms with Gasteiger partial charge in [-0.2, -0.15) is 13.2 Å². The lowest BCUT2D eigenvalue weighted by Gasteiger charge is -2.35. The number of amides is 1. The second-order valence-electron chi connectivity index (χ2n) is 6.15. The Balaban J connectivity index is 0.00000182. The first-order chi connectivity index (χ1) is 11.8. The van der Waals surface area contributed by atoms with E-state index in [0.29, 0.717) is 31.8 Å². The van der Waals surface area contributed by atoms with Crippen LogP contribution in [-0.2, 0) is 0 Å². The lowest BCUT2D eigenvalue weighted by Crippen LogP contribution is -2.57. The van der Waals surface area contributed by atoms with Crippen molar-refractivity contribution in [3.05, 3.63) is 35.8 Å². The van der Waals surface area contributed by atoms with Gasteiger partial charge in [0.05, 0.1) is 0 Å². The third kappa shape index (κ3) is 5.71. The van der Waals surface area contributed by atoms with Crippen molar-refractivity contribution >= 4 is 36.4 Å². The summed E-state index contributed by atoms with van der Waals surface area (Å²) in [6.45, 7) is 3.02. The summed E-state index contributed by atoms with van der Waals surface area (Å²) < 4.78 is 41.7. The lowest BCUT2D eigenvalue weighted by atomic mass is 10.2. The number of alkyl halides is 3. The summed E-state index contributed by atoms with van der Waals surface area (Å²) in [5.74, 6) is -0.606. The molecule has 0 spiro atoms. The van der Waals surface area contributed by atoms with Gasteiger partial charge >= 0.3 is 6.18 Å². The summed E-state index contributed by atoms with van der Waals surface area (Å²) in [7, 11) is 0. The number of aromatic nitrogens is 2. The first kappa shape index (κ1) is 23.5. The van der Waals surface area contributed by atoms with E-state index in [1.165, 1.54) is 11.1 Å². The number of hydrogen-bond donors (Lipinski definition) is 2. The van der Waals surface area contributed by atoms with Gasteiger partial charge in [0.2, 0.25) is 0 Å². The number of aryl methyl sites for hydroxylation is 1. The van der Waals surface area contributed by atoms with Gasteiger partial charge in [-0.25, -0.2) is 4.98 Å². The van der Waals surface area contributed by atoms with Crippen molar-refractivity contribution in [3.63, 3.8) is 0 Å². The zero-order chi connectivity index (χ0) is 18.0. The highest BCUT2D eigenvalue weighted by atomic mass is 35.5. The average Bonchev–Trinajstić information content (AvgIpc) is 2.98. The largest absolute Gasteiger partial charge is 0.405 e. The average molecular weight is 428 g/mol. The lowest BCUT2D eigenvalue weighted by molar-refractivity contribution is -0.183. The fourth-order valence-electron chi connectivity index (χ4n) is 2.92. The number of imidazole rings is 1. The van der Waals surface area contributed by atoms with Gasteiger partial charge in [-0.05, 0) is 24.6 Å². The molecule has 11 heteroatoms. The summed E-state index contributed by atoms with van der Waals surface area (Å²) in [4.78, 5) is 17.8. The first-order valence-electron chi connectivity index (χ1n) is 8.09. The molecule has 1 aliphatic rings. The molecule has 1 fully saturated rings. The van der Waals surface area contributed by atoms with E-state index < -0.39 is 24.7 Å². The molecule has 1 atom stereocenters. The first-order valence-corrected chi connectivity index (χ1v) is 8.09. The Morgan fingerprint density at radius 1 is 1.33 bits per heavy atom. The van der Waals surface area contributed by atoms with E-state index in [4.69, 9.17) is 0 Å². The fourth-order valence-corrected chi connectivity index (χ4v) is 2.92. The molecule has 0 bridgehead atoms. The molecule has 3 heterocycles.